The van der Waals surface area contributed by atoms with Gasteiger partial charge in [-0.3, -0.25) is 0 Å². The maximum absolute atomic E-state index is 9.46. The van der Waals surface area contributed by atoms with E-state index in [2.05, 4.69) is 56.3 Å². The molecule has 0 aliphatic heterocycles. The van der Waals surface area contributed by atoms with Gasteiger partial charge in [0.2, 0.25) is 0 Å². The molecule has 0 aliphatic carbocycles. The monoisotopic (exact) mass is 366 g/mol. The summed E-state index contributed by atoms with van der Waals surface area (Å²) in [6.45, 7) is 11.6. The number of hydrogen-bond acceptors (Lipinski definition) is 3. The van der Waals surface area contributed by atoms with E-state index < -0.39 is 0 Å². The first-order chi connectivity index (χ1) is 12.8. The van der Waals surface area contributed by atoms with Crippen molar-refractivity contribution in [1.82, 2.24) is 19.3 Å². The fourth-order valence-electron chi connectivity index (χ4n) is 3.56. The predicted octanol–water partition coefficient (Wildman–Crippen LogP) is 4.46. The van der Waals surface area contributed by atoms with Gasteiger partial charge in [-0.25, -0.2) is 9.67 Å². The number of aryl methyl sites for hydroxylation is 3. The van der Waals surface area contributed by atoms with E-state index in [0.717, 1.165) is 47.7 Å². The van der Waals surface area contributed by atoms with Crippen molar-refractivity contribution in [2.45, 2.75) is 54.0 Å². The van der Waals surface area contributed by atoms with E-state index in [9.17, 15) is 5.11 Å². The summed E-state index contributed by atoms with van der Waals surface area (Å²) in [4.78, 5) is 4.39. The number of aliphatic hydroxyl groups is 1. The third kappa shape index (κ3) is 3.98. The predicted molar refractivity (Wildman–Crippen MR) is 109 cm³/mol. The first kappa shape index (κ1) is 19.4. The van der Waals surface area contributed by atoms with E-state index in [1.807, 2.05) is 29.3 Å². The number of aromatic nitrogens is 4. The van der Waals surface area contributed by atoms with Crippen molar-refractivity contribution in [3.05, 3.63) is 53.7 Å². The van der Waals surface area contributed by atoms with Gasteiger partial charge in [-0.1, -0.05) is 32.0 Å². The van der Waals surface area contributed by atoms with Crippen LogP contribution in [-0.4, -0.2) is 31.0 Å². The largest absolute Gasteiger partial charge is 0.396 e. The lowest BCUT2D eigenvalue weighted by molar-refractivity contribution is 0.146. The molecule has 0 saturated carbocycles. The van der Waals surface area contributed by atoms with Crippen LogP contribution in [0.4, 0.5) is 0 Å². The van der Waals surface area contributed by atoms with Gasteiger partial charge < -0.3 is 9.67 Å². The number of aliphatic hydroxyl groups excluding tert-OH is 1. The molecule has 0 radical (unpaired) electrons. The second-order valence-electron chi connectivity index (χ2n) is 8.14. The van der Waals surface area contributed by atoms with Crippen LogP contribution in [0, 0.1) is 26.2 Å². The minimum Gasteiger partial charge on any atom is -0.396 e. The Hall–Kier alpha value is -2.40. The Kier molecular flexibility index (Phi) is 5.51. The van der Waals surface area contributed by atoms with Crippen molar-refractivity contribution in [1.29, 1.82) is 0 Å². The Labute approximate surface area is 161 Å². The molecule has 0 fully saturated rings. The van der Waals surface area contributed by atoms with Crippen LogP contribution < -0.4 is 0 Å². The summed E-state index contributed by atoms with van der Waals surface area (Å²) in [7, 11) is 0. The molecular weight excluding hydrogens is 336 g/mol. The molecule has 0 unspecified atom stereocenters. The molecule has 2 heterocycles. The fraction of sp³-hybridized carbons (Fsp3) is 0.455. The van der Waals surface area contributed by atoms with Crippen LogP contribution in [0.1, 0.15) is 43.6 Å². The van der Waals surface area contributed by atoms with Crippen LogP contribution in [0.15, 0.2) is 36.8 Å². The van der Waals surface area contributed by atoms with Gasteiger partial charge in [0.1, 0.15) is 0 Å². The molecule has 0 atom stereocenters. The third-order valence-electron chi connectivity index (χ3n) is 5.28. The van der Waals surface area contributed by atoms with E-state index >= 15 is 0 Å². The quantitative estimate of drug-likeness (QED) is 0.672. The van der Waals surface area contributed by atoms with Crippen LogP contribution in [0.5, 0.6) is 0 Å². The molecule has 5 nitrogen and oxygen atoms in total. The van der Waals surface area contributed by atoms with Gasteiger partial charge in [-0.2, -0.15) is 5.10 Å². The summed E-state index contributed by atoms with van der Waals surface area (Å²) in [6.07, 6.45) is 5.80. The molecule has 27 heavy (non-hydrogen) atoms. The molecule has 1 aromatic carbocycles. The minimum atomic E-state index is -0.0394. The second kappa shape index (κ2) is 7.69. The molecule has 1 N–H and O–H groups in total. The zero-order valence-corrected chi connectivity index (χ0v) is 17.0. The summed E-state index contributed by atoms with van der Waals surface area (Å²) in [5.74, 6) is 0. The van der Waals surface area contributed by atoms with Gasteiger partial charge in [0, 0.05) is 18.7 Å². The van der Waals surface area contributed by atoms with Gasteiger partial charge in [-0.15, -0.1) is 0 Å². The smallest absolute Gasteiger partial charge is 0.0950 e. The average molecular weight is 367 g/mol. The van der Waals surface area contributed by atoms with Crippen LogP contribution in [-0.2, 0) is 6.54 Å². The lowest BCUT2D eigenvalue weighted by Gasteiger charge is -2.21. The molecule has 0 bridgehead atoms. The molecule has 0 spiro atoms. The number of benzene rings is 1. The van der Waals surface area contributed by atoms with Crippen LogP contribution in [0.25, 0.3) is 16.9 Å². The lowest BCUT2D eigenvalue weighted by Crippen LogP contribution is -2.17. The van der Waals surface area contributed by atoms with Crippen molar-refractivity contribution in [2.75, 3.05) is 6.61 Å². The van der Waals surface area contributed by atoms with E-state index in [1.165, 1.54) is 5.56 Å². The zero-order chi connectivity index (χ0) is 19.6. The molecule has 144 valence electrons. The Morgan fingerprint density at radius 2 is 1.85 bits per heavy atom. The number of nitrogens with zero attached hydrogens (tertiary/aromatic N) is 4. The van der Waals surface area contributed by atoms with Gasteiger partial charge >= 0.3 is 0 Å². The summed E-state index contributed by atoms with van der Waals surface area (Å²) >= 11 is 0. The van der Waals surface area contributed by atoms with E-state index in [0.29, 0.717) is 0 Å². The Bertz CT molecular complexity index is 920. The van der Waals surface area contributed by atoms with Gasteiger partial charge in [0.05, 0.1) is 35.3 Å². The maximum atomic E-state index is 9.46. The van der Waals surface area contributed by atoms with Crippen LogP contribution in [0.2, 0.25) is 0 Å². The second-order valence-corrected chi connectivity index (χ2v) is 8.14. The maximum Gasteiger partial charge on any atom is 0.0950 e. The highest BCUT2D eigenvalue weighted by Crippen LogP contribution is 2.30. The molecule has 3 aromatic rings. The van der Waals surface area contributed by atoms with Crippen molar-refractivity contribution in [3.63, 3.8) is 0 Å². The van der Waals surface area contributed by atoms with Crippen molar-refractivity contribution < 1.29 is 5.11 Å². The Morgan fingerprint density at radius 3 is 2.56 bits per heavy atom. The molecular formula is C22H30N4O. The first-order valence-corrected chi connectivity index (χ1v) is 9.57. The molecule has 0 amide bonds. The summed E-state index contributed by atoms with van der Waals surface area (Å²) in [5, 5.41) is 14.3. The van der Waals surface area contributed by atoms with E-state index in [-0.39, 0.29) is 12.0 Å². The van der Waals surface area contributed by atoms with Gasteiger partial charge in [-0.05, 0) is 50.7 Å². The molecule has 0 saturated heterocycles. The van der Waals surface area contributed by atoms with Crippen LogP contribution in [0.3, 0.4) is 0 Å². The van der Waals surface area contributed by atoms with Crippen molar-refractivity contribution in [2.24, 2.45) is 5.41 Å². The van der Waals surface area contributed by atoms with Crippen molar-refractivity contribution >= 4 is 0 Å². The minimum absolute atomic E-state index is 0.0394. The molecule has 5 heteroatoms. The van der Waals surface area contributed by atoms with E-state index in [1.54, 1.807) is 0 Å². The summed E-state index contributed by atoms with van der Waals surface area (Å²) in [5.41, 5.74) is 6.66. The number of hydrogen-bond donors (Lipinski definition) is 1. The molecule has 2 aromatic heterocycles. The summed E-state index contributed by atoms with van der Waals surface area (Å²) in [6, 6.07) is 8.31. The Balaban J connectivity index is 1.91. The highest BCUT2D eigenvalue weighted by Gasteiger charge is 2.20. The third-order valence-corrected chi connectivity index (χ3v) is 5.28. The number of rotatable bonds is 7. The van der Waals surface area contributed by atoms with Gasteiger partial charge in [0.15, 0.2) is 0 Å². The topological polar surface area (TPSA) is 55.9 Å². The van der Waals surface area contributed by atoms with Crippen molar-refractivity contribution in [3.8, 4) is 16.9 Å². The SMILES string of the molecule is Cc1ccccc1-n1nc(C)c(-c2cncn2CCCC(C)(C)CO)c1C. The standard InChI is InChI=1S/C22H30N4O/c1-16-9-6-7-10-19(16)26-18(3)21(17(2)24-26)20-13-23-15-25(20)12-8-11-22(4,5)14-27/h6-7,9-10,13,15,27H,8,11-12,14H2,1-5H3. The summed E-state index contributed by atoms with van der Waals surface area (Å²) < 4.78 is 4.23. The first-order valence-electron chi connectivity index (χ1n) is 9.57. The molecule has 3 rings (SSSR count). The molecule has 0 aliphatic rings. The highest BCUT2D eigenvalue weighted by molar-refractivity contribution is 5.66. The van der Waals surface area contributed by atoms with Gasteiger partial charge in [0.25, 0.3) is 0 Å². The normalized spacial score (nSPS) is 11.9. The zero-order valence-electron chi connectivity index (χ0n) is 17.0. The Morgan fingerprint density at radius 1 is 1.11 bits per heavy atom. The average Bonchev–Trinajstić information content (AvgIpc) is 3.19. The highest BCUT2D eigenvalue weighted by atomic mass is 16.3. The van der Waals surface area contributed by atoms with Crippen LogP contribution >= 0.6 is 0 Å². The fourth-order valence-corrected chi connectivity index (χ4v) is 3.56. The van der Waals surface area contributed by atoms with E-state index in [4.69, 9.17) is 5.10 Å². The lowest BCUT2D eigenvalue weighted by atomic mass is 9.89. The number of para-hydroxylation sites is 1. The number of imidazole rings is 1.